The molecule has 1 aliphatic carbocycles. The zero-order valence-electron chi connectivity index (χ0n) is 21.1. The van der Waals surface area contributed by atoms with Gasteiger partial charge in [0.05, 0.1) is 5.69 Å². The van der Waals surface area contributed by atoms with Crippen LogP contribution in [-0.4, -0.2) is 67.7 Å². The van der Waals surface area contributed by atoms with Gasteiger partial charge >= 0.3 is 5.91 Å². The van der Waals surface area contributed by atoms with Crippen LogP contribution in [-0.2, 0) is 17.8 Å². The van der Waals surface area contributed by atoms with Crippen molar-refractivity contribution in [1.82, 2.24) is 19.7 Å². The topological polar surface area (TPSA) is 142 Å². The minimum Gasteiger partial charge on any atom is -0.626 e. The standard InChI is InChI=1S/C27H30F2N6O4/c28-27(29)12-18-14-33(15-19(18)13-27)16-20-8-10-34(32-20)25-21(7-4-9-31-25)26(38)35(39)22(23(36)24(30)37)11-17-5-2-1-3-6-17/h1-10,18-19,22-23,35-36H,11-16H2,(H2,30,37). The summed E-state index contributed by atoms with van der Waals surface area (Å²) in [5, 5.41) is 27.3. The second kappa shape index (κ2) is 10.9. The van der Waals surface area contributed by atoms with Crippen molar-refractivity contribution >= 4 is 11.8 Å². The average molecular weight is 541 g/mol. The summed E-state index contributed by atoms with van der Waals surface area (Å²) in [7, 11) is 0. The minimum absolute atomic E-state index is 0.0207. The Bertz CT molecular complexity index is 1320. The van der Waals surface area contributed by atoms with Crippen LogP contribution in [0.15, 0.2) is 60.9 Å². The Morgan fingerprint density at radius 3 is 2.49 bits per heavy atom. The van der Waals surface area contributed by atoms with Gasteiger partial charge in [0.25, 0.3) is 5.91 Å². The van der Waals surface area contributed by atoms with E-state index in [9.17, 15) is 28.7 Å². The number of carbonyl (C=O) groups is 2. The first kappa shape index (κ1) is 27.0. The van der Waals surface area contributed by atoms with Gasteiger partial charge in [0.15, 0.2) is 11.9 Å². The van der Waals surface area contributed by atoms with Crippen LogP contribution in [0.4, 0.5) is 8.78 Å². The molecule has 1 saturated carbocycles. The number of nitrogens with two attached hydrogens (primary N) is 1. The van der Waals surface area contributed by atoms with Gasteiger partial charge in [-0.05, 0) is 35.6 Å². The van der Waals surface area contributed by atoms with Gasteiger partial charge < -0.3 is 16.0 Å². The normalized spacial score (nSPS) is 22.8. The fourth-order valence-corrected chi connectivity index (χ4v) is 5.74. The van der Waals surface area contributed by atoms with Crippen LogP contribution >= 0.6 is 0 Å². The fraction of sp³-hybridized carbons (Fsp3) is 0.407. The van der Waals surface area contributed by atoms with Crippen molar-refractivity contribution in [3.05, 3.63) is 83.0 Å². The first-order valence-corrected chi connectivity index (χ1v) is 12.8. The highest BCUT2D eigenvalue weighted by molar-refractivity contribution is 5.91. The van der Waals surface area contributed by atoms with Gasteiger partial charge in [0, 0.05) is 51.3 Å². The highest BCUT2D eigenvalue weighted by atomic mass is 19.3. The third-order valence-electron chi connectivity index (χ3n) is 7.58. The van der Waals surface area contributed by atoms with E-state index in [0.717, 1.165) is 0 Å². The van der Waals surface area contributed by atoms with E-state index in [1.807, 2.05) is 0 Å². The number of pyridine rings is 1. The number of hydrogen-bond acceptors (Lipinski definition) is 7. The number of alkyl halides is 2. The van der Waals surface area contributed by atoms with Crippen LogP contribution in [0.25, 0.3) is 5.82 Å². The van der Waals surface area contributed by atoms with Crippen molar-refractivity contribution < 1.29 is 28.5 Å². The molecule has 1 aliphatic heterocycles. The van der Waals surface area contributed by atoms with Gasteiger partial charge in [0.2, 0.25) is 5.92 Å². The van der Waals surface area contributed by atoms with Gasteiger partial charge in [-0.25, -0.2) is 23.2 Å². The summed E-state index contributed by atoms with van der Waals surface area (Å²) in [6.45, 7) is 1.63. The number of fused-ring (bicyclic) bond motifs is 1. The largest absolute Gasteiger partial charge is 0.626 e. The summed E-state index contributed by atoms with van der Waals surface area (Å²) in [6.07, 6.45) is 1.01. The number of hydroxylamine groups is 2. The van der Waals surface area contributed by atoms with Gasteiger partial charge in [-0.1, -0.05) is 30.3 Å². The maximum Gasteiger partial charge on any atom is 0.348 e. The number of quaternary nitrogens is 1. The van der Waals surface area contributed by atoms with Gasteiger partial charge in [0.1, 0.15) is 11.6 Å². The molecule has 39 heavy (non-hydrogen) atoms. The number of nitrogens with one attached hydrogen (secondary N) is 1. The predicted molar refractivity (Wildman–Crippen MR) is 136 cm³/mol. The Labute approximate surface area is 223 Å². The molecule has 2 aliphatic rings. The molecule has 2 aromatic heterocycles. The lowest BCUT2D eigenvalue weighted by molar-refractivity contribution is -0.792. The molecule has 206 valence electrons. The summed E-state index contributed by atoms with van der Waals surface area (Å²) >= 11 is 0. The third kappa shape index (κ3) is 5.88. The van der Waals surface area contributed by atoms with E-state index >= 15 is 0 Å². The molecular weight excluding hydrogens is 510 g/mol. The highest BCUT2D eigenvalue weighted by Crippen LogP contribution is 2.46. The average Bonchev–Trinajstić information content (AvgIpc) is 3.59. The lowest BCUT2D eigenvalue weighted by Gasteiger charge is -2.31. The van der Waals surface area contributed by atoms with Crippen LogP contribution < -0.4 is 10.8 Å². The summed E-state index contributed by atoms with van der Waals surface area (Å²) < 4.78 is 28.8. The second-order valence-electron chi connectivity index (χ2n) is 10.4. The number of nitrogens with zero attached hydrogens (tertiary/aromatic N) is 4. The smallest absolute Gasteiger partial charge is 0.348 e. The van der Waals surface area contributed by atoms with Crippen molar-refractivity contribution in [3.8, 4) is 5.82 Å². The molecule has 0 bridgehead atoms. The number of aliphatic hydroxyl groups excluding tert-OH is 1. The Hall–Kier alpha value is -3.58. The molecule has 1 aromatic carbocycles. The van der Waals surface area contributed by atoms with Crippen LogP contribution in [0.3, 0.4) is 0 Å². The molecule has 1 saturated heterocycles. The van der Waals surface area contributed by atoms with Crippen LogP contribution in [0.5, 0.6) is 0 Å². The molecule has 3 heterocycles. The molecule has 5 atom stereocenters. The van der Waals surface area contributed by atoms with E-state index in [4.69, 9.17) is 5.73 Å². The van der Waals surface area contributed by atoms with E-state index in [-0.39, 0.29) is 42.5 Å². The van der Waals surface area contributed by atoms with Crippen LogP contribution in [0.2, 0.25) is 0 Å². The van der Waals surface area contributed by atoms with E-state index in [1.54, 1.807) is 42.6 Å². The molecule has 10 nitrogen and oxygen atoms in total. The number of rotatable bonds is 9. The second-order valence-corrected chi connectivity index (χ2v) is 10.4. The van der Waals surface area contributed by atoms with E-state index in [1.165, 1.54) is 23.0 Å². The Balaban J connectivity index is 1.33. The number of aromatic nitrogens is 3. The first-order valence-electron chi connectivity index (χ1n) is 12.8. The zero-order chi connectivity index (χ0) is 27.7. The predicted octanol–water partition coefficient (Wildman–Crippen LogP) is 0.725. The molecule has 2 fully saturated rings. The van der Waals surface area contributed by atoms with Crippen LogP contribution in [0.1, 0.15) is 34.5 Å². The quantitative estimate of drug-likeness (QED) is 0.340. The zero-order valence-corrected chi connectivity index (χ0v) is 21.1. The SMILES string of the molecule is NC(=O)C(O)C(Cc1ccccc1)[NH+]([O-])C(=O)c1cccnc1-n1ccc(CN2CC3CC(F)(F)CC3C2)n1. The Morgan fingerprint density at radius 2 is 1.82 bits per heavy atom. The third-order valence-corrected chi connectivity index (χ3v) is 7.58. The number of amides is 2. The number of halogens is 2. The number of aliphatic hydroxyl groups is 1. The van der Waals surface area contributed by atoms with Crippen molar-refractivity contribution in [2.75, 3.05) is 13.1 Å². The summed E-state index contributed by atoms with van der Waals surface area (Å²) in [6, 6.07) is 12.0. The van der Waals surface area contributed by atoms with Crippen molar-refractivity contribution in [3.63, 3.8) is 0 Å². The molecular formula is C27H30F2N6O4. The van der Waals surface area contributed by atoms with Crippen molar-refractivity contribution in [1.29, 1.82) is 0 Å². The monoisotopic (exact) mass is 540 g/mol. The summed E-state index contributed by atoms with van der Waals surface area (Å²) in [5.41, 5.74) is 6.57. The highest BCUT2D eigenvalue weighted by Gasteiger charge is 2.50. The molecule has 12 heteroatoms. The Morgan fingerprint density at radius 1 is 1.13 bits per heavy atom. The number of likely N-dealkylation sites (tertiary alicyclic amines) is 1. The number of carbonyl (C=O) groups excluding carboxylic acids is 2. The van der Waals surface area contributed by atoms with Gasteiger partial charge in [-0.15, -0.1) is 0 Å². The fourth-order valence-electron chi connectivity index (χ4n) is 5.74. The maximum atomic E-state index is 13.7. The molecule has 4 N–H and O–H groups in total. The van der Waals surface area contributed by atoms with Crippen molar-refractivity contribution in [2.24, 2.45) is 17.6 Å². The molecule has 5 rings (SSSR count). The maximum absolute atomic E-state index is 13.7. The van der Waals surface area contributed by atoms with Crippen molar-refractivity contribution in [2.45, 2.75) is 43.9 Å². The molecule has 5 unspecified atom stereocenters. The summed E-state index contributed by atoms with van der Waals surface area (Å²) in [4.78, 5) is 31.5. The first-order chi connectivity index (χ1) is 18.6. The Kier molecular flexibility index (Phi) is 7.54. The molecule has 0 spiro atoms. The molecule has 3 aromatic rings. The van der Waals surface area contributed by atoms with E-state index < -0.39 is 34.9 Å². The van der Waals surface area contributed by atoms with Gasteiger partial charge in [-0.3, -0.25) is 14.8 Å². The van der Waals surface area contributed by atoms with Gasteiger partial charge in [-0.2, -0.15) is 5.10 Å². The van der Waals surface area contributed by atoms with E-state index in [0.29, 0.717) is 30.9 Å². The lowest BCUT2D eigenvalue weighted by Crippen LogP contribution is -3.16. The lowest BCUT2D eigenvalue weighted by atomic mass is 10.00. The molecule has 2 amide bonds. The number of hydrogen-bond donors (Lipinski definition) is 3. The van der Waals surface area contributed by atoms with E-state index in [2.05, 4.69) is 15.0 Å². The number of primary amides is 1. The molecule has 0 radical (unpaired) electrons. The minimum atomic E-state index is -2.57. The number of benzene rings is 1. The summed E-state index contributed by atoms with van der Waals surface area (Å²) in [5.74, 6) is -4.53. The van der Waals surface area contributed by atoms with Crippen LogP contribution in [0, 0.1) is 17.0 Å².